The summed E-state index contributed by atoms with van der Waals surface area (Å²) >= 11 is 3.36. The minimum atomic E-state index is -0.236. The third-order valence-corrected chi connectivity index (χ3v) is 5.46. The van der Waals surface area contributed by atoms with Crippen molar-refractivity contribution in [3.8, 4) is 0 Å². The number of aromatic nitrogens is 3. The summed E-state index contributed by atoms with van der Waals surface area (Å²) in [6.07, 6.45) is 1.41. The van der Waals surface area contributed by atoms with Crippen LogP contribution in [0.15, 0.2) is 52.0 Å². The molecule has 0 bridgehead atoms. The van der Waals surface area contributed by atoms with Crippen LogP contribution in [0.1, 0.15) is 16.8 Å². The lowest BCUT2D eigenvalue weighted by Crippen LogP contribution is -2.32. The number of aromatic amines is 1. The summed E-state index contributed by atoms with van der Waals surface area (Å²) in [5.74, 6) is -0.236. The zero-order valence-corrected chi connectivity index (χ0v) is 17.1. The molecule has 6 nitrogen and oxygen atoms in total. The van der Waals surface area contributed by atoms with Crippen molar-refractivity contribution in [1.82, 2.24) is 19.9 Å². The molecule has 4 rings (SSSR count). The number of benzene rings is 2. The van der Waals surface area contributed by atoms with Gasteiger partial charge in [0.25, 0.3) is 5.56 Å². The van der Waals surface area contributed by atoms with E-state index in [0.717, 1.165) is 26.6 Å². The molecule has 0 unspecified atom stereocenters. The molecule has 142 valence electrons. The van der Waals surface area contributed by atoms with Crippen molar-refractivity contribution in [1.29, 1.82) is 0 Å². The fraction of sp³-hybridized carbons (Fsp3) is 0.190. The van der Waals surface area contributed by atoms with E-state index in [4.69, 9.17) is 0 Å². The largest absolute Gasteiger partial charge is 0.358 e. The molecule has 2 aromatic carbocycles. The first-order chi connectivity index (χ1) is 13.4. The van der Waals surface area contributed by atoms with Crippen molar-refractivity contribution in [3.05, 3.63) is 74.4 Å². The van der Waals surface area contributed by atoms with E-state index in [0.29, 0.717) is 17.4 Å². The standard InChI is InChI=1S/C21H19BrN4O2/c1-12-13(2)25-19-5-3-14(7-16(12)19)9-23-20(27)10-26-11-24-18-6-4-15(22)8-17(18)21(26)28/h3-8,11,25H,9-10H2,1-2H3,(H,23,27). The molecular weight excluding hydrogens is 420 g/mol. The zero-order valence-electron chi connectivity index (χ0n) is 15.5. The highest BCUT2D eigenvalue weighted by atomic mass is 79.9. The van der Waals surface area contributed by atoms with Crippen LogP contribution in [0.25, 0.3) is 21.8 Å². The molecule has 0 atom stereocenters. The minimum absolute atomic E-state index is 0.0706. The summed E-state index contributed by atoms with van der Waals surface area (Å²) in [5.41, 5.74) is 4.83. The van der Waals surface area contributed by atoms with Crippen LogP contribution >= 0.6 is 15.9 Å². The molecule has 0 saturated carbocycles. The SMILES string of the molecule is Cc1[nH]c2ccc(CNC(=O)Cn3cnc4ccc(Br)cc4c3=O)cc2c1C. The Labute approximate surface area is 169 Å². The van der Waals surface area contributed by atoms with Gasteiger partial charge in [-0.15, -0.1) is 0 Å². The van der Waals surface area contributed by atoms with Gasteiger partial charge in [0, 0.05) is 27.6 Å². The Morgan fingerprint density at radius 1 is 1.18 bits per heavy atom. The number of amides is 1. The van der Waals surface area contributed by atoms with Crippen molar-refractivity contribution in [2.75, 3.05) is 0 Å². The number of halogens is 1. The van der Waals surface area contributed by atoms with Crippen LogP contribution in [0.4, 0.5) is 0 Å². The van der Waals surface area contributed by atoms with E-state index in [1.54, 1.807) is 12.1 Å². The topological polar surface area (TPSA) is 79.8 Å². The van der Waals surface area contributed by atoms with Crippen molar-refractivity contribution in [2.45, 2.75) is 26.9 Å². The second-order valence-electron chi connectivity index (χ2n) is 6.87. The van der Waals surface area contributed by atoms with Crippen LogP contribution in [0.3, 0.4) is 0 Å². The van der Waals surface area contributed by atoms with Gasteiger partial charge in [0.15, 0.2) is 0 Å². The summed E-state index contributed by atoms with van der Waals surface area (Å²) < 4.78 is 2.12. The Hall–Kier alpha value is -2.93. The molecule has 1 amide bonds. The minimum Gasteiger partial charge on any atom is -0.358 e. The lowest BCUT2D eigenvalue weighted by Gasteiger charge is -2.09. The average Bonchev–Trinajstić information content (AvgIpc) is 2.96. The smallest absolute Gasteiger partial charge is 0.261 e. The number of fused-ring (bicyclic) bond motifs is 2. The molecule has 0 aliphatic rings. The van der Waals surface area contributed by atoms with Gasteiger partial charge in [-0.3, -0.25) is 14.2 Å². The molecular formula is C21H19BrN4O2. The zero-order chi connectivity index (χ0) is 19.8. The molecule has 0 saturated heterocycles. The average molecular weight is 439 g/mol. The van der Waals surface area contributed by atoms with Crippen LogP contribution in [0.2, 0.25) is 0 Å². The quantitative estimate of drug-likeness (QED) is 0.510. The Bertz CT molecular complexity index is 1270. The summed E-state index contributed by atoms with van der Waals surface area (Å²) in [4.78, 5) is 32.6. The maximum atomic E-state index is 12.6. The number of carbonyl (C=O) groups excluding carboxylic acids is 1. The Morgan fingerprint density at radius 3 is 2.82 bits per heavy atom. The van der Waals surface area contributed by atoms with Crippen molar-refractivity contribution >= 4 is 43.6 Å². The monoisotopic (exact) mass is 438 g/mol. The summed E-state index contributed by atoms with van der Waals surface area (Å²) in [5, 5.41) is 4.52. The molecule has 2 heterocycles. The number of carbonyl (C=O) groups is 1. The fourth-order valence-electron chi connectivity index (χ4n) is 3.27. The highest BCUT2D eigenvalue weighted by Gasteiger charge is 2.10. The lowest BCUT2D eigenvalue weighted by atomic mass is 10.1. The van der Waals surface area contributed by atoms with Gasteiger partial charge in [0.05, 0.1) is 17.2 Å². The molecule has 4 aromatic rings. The normalized spacial score (nSPS) is 11.2. The molecule has 0 spiro atoms. The van der Waals surface area contributed by atoms with Gasteiger partial charge in [0.1, 0.15) is 6.54 Å². The van der Waals surface area contributed by atoms with E-state index in [2.05, 4.69) is 44.2 Å². The Kier molecular flexibility index (Phi) is 4.77. The van der Waals surface area contributed by atoms with Crippen LogP contribution in [-0.4, -0.2) is 20.4 Å². The second kappa shape index (κ2) is 7.24. The van der Waals surface area contributed by atoms with E-state index >= 15 is 0 Å². The van der Waals surface area contributed by atoms with E-state index in [-0.39, 0.29) is 18.0 Å². The Morgan fingerprint density at radius 2 is 2.00 bits per heavy atom. The third-order valence-electron chi connectivity index (χ3n) is 4.96. The highest BCUT2D eigenvalue weighted by molar-refractivity contribution is 9.10. The number of nitrogens with one attached hydrogen (secondary N) is 2. The van der Waals surface area contributed by atoms with Crippen molar-refractivity contribution in [3.63, 3.8) is 0 Å². The molecule has 28 heavy (non-hydrogen) atoms. The molecule has 0 radical (unpaired) electrons. The van der Waals surface area contributed by atoms with Crippen LogP contribution in [0.5, 0.6) is 0 Å². The van der Waals surface area contributed by atoms with Crippen molar-refractivity contribution < 1.29 is 4.79 Å². The predicted molar refractivity (Wildman–Crippen MR) is 113 cm³/mol. The van der Waals surface area contributed by atoms with E-state index in [1.807, 2.05) is 25.1 Å². The number of H-pyrrole nitrogens is 1. The predicted octanol–water partition coefficient (Wildman–Crippen LogP) is 3.57. The van der Waals surface area contributed by atoms with Gasteiger partial charge in [-0.2, -0.15) is 0 Å². The third kappa shape index (κ3) is 3.45. The van der Waals surface area contributed by atoms with Gasteiger partial charge in [-0.25, -0.2) is 4.98 Å². The first-order valence-electron chi connectivity index (χ1n) is 8.91. The molecule has 0 aliphatic heterocycles. The van der Waals surface area contributed by atoms with Gasteiger partial charge < -0.3 is 10.3 Å². The summed E-state index contributed by atoms with van der Waals surface area (Å²) in [6.45, 7) is 4.46. The molecule has 2 aromatic heterocycles. The molecule has 2 N–H and O–H groups in total. The lowest BCUT2D eigenvalue weighted by molar-refractivity contribution is -0.121. The first kappa shape index (κ1) is 18.4. The van der Waals surface area contributed by atoms with E-state index in [1.165, 1.54) is 16.5 Å². The van der Waals surface area contributed by atoms with Gasteiger partial charge in [0.2, 0.25) is 5.91 Å². The van der Waals surface area contributed by atoms with E-state index < -0.39 is 0 Å². The number of aryl methyl sites for hydroxylation is 2. The molecule has 7 heteroatoms. The number of nitrogens with zero attached hydrogens (tertiary/aromatic N) is 2. The maximum absolute atomic E-state index is 12.6. The molecule has 0 aliphatic carbocycles. The summed E-state index contributed by atoms with van der Waals surface area (Å²) in [6, 6.07) is 11.4. The molecule has 0 fully saturated rings. The van der Waals surface area contributed by atoms with Gasteiger partial charge in [-0.1, -0.05) is 22.0 Å². The highest BCUT2D eigenvalue weighted by Crippen LogP contribution is 2.22. The number of hydrogen-bond donors (Lipinski definition) is 2. The van der Waals surface area contributed by atoms with Crippen LogP contribution in [-0.2, 0) is 17.9 Å². The Balaban J connectivity index is 1.49. The van der Waals surface area contributed by atoms with Crippen molar-refractivity contribution in [2.24, 2.45) is 0 Å². The van der Waals surface area contributed by atoms with Gasteiger partial charge >= 0.3 is 0 Å². The van der Waals surface area contributed by atoms with Crippen LogP contribution < -0.4 is 10.9 Å². The number of rotatable bonds is 4. The first-order valence-corrected chi connectivity index (χ1v) is 9.71. The van der Waals surface area contributed by atoms with E-state index in [9.17, 15) is 9.59 Å². The van der Waals surface area contributed by atoms with Crippen LogP contribution in [0, 0.1) is 13.8 Å². The summed E-state index contributed by atoms with van der Waals surface area (Å²) in [7, 11) is 0. The second-order valence-corrected chi connectivity index (χ2v) is 7.79. The van der Waals surface area contributed by atoms with Gasteiger partial charge in [-0.05, 0) is 55.3 Å². The number of hydrogen-bond acceptors (Lipinski definition) is 3. The fourth-order valence-corrected chi connectivity index (χ4v) is 3.63. The maximum Gasteiger partial charge on any atom is 0.261 e.